The zero-order chi connectivity index (χ0) is 29.3. The van der Waals surface area contributed by atoms with Crippen molar-refractivity contribution in [3.05, 3.63) is 125 Å². The number of aromatic nitrogens is 5. The molecule has 11 heteroatoms. The monoisotopic (exact) mass is 571 g/mol. The Hall–Kier alpha value is -5.32. The Morgan fingerprint density at radius 1 is 0.833 bits per heavy atom. The molecule has 3 aromatic carbocycles. The highest BCUT2D eigenvalue weighted by Crippen LogP contribution is 2.29. The SMILES string of the molecule is COc1ccc(Cn2cc(-c3cn(-c4ccc(OC(F)(F)F)cc4)c(=O)c4c3ncn4Cc3ccccc3)cn2)cc1. The average molecular weight is 572 g/mol. The van der Waals surface area contributed by atoms with Crippen molar-refractivity contribution in [1.29, 1.82) is 0 Å². The second kappa shape index (κ2) is 10.9. The van der Waals surface area contributed by atoms with Crippen LogP contribution in [0, 0.1) is 0 Å². The second-order valence-electron chi connectivity index (χ2n) is 9.59. The number of imidazole rings is 1. The number of fused-ring (bicyclic) bond motifs is 1. The Labute approximate surface area is 237 Å². The molecule has 3 aromatic heterocycles. The molecule has 0 aliphatic heterocycles. The van der Waals surface area contributed by atoms with Crippen molar-refractivity contribution in [3.8, 4) is 28.3 Å². The van der Waals surface area contributed by atoms with Crippen molar-refractivity contribution in [2.45, 2.75) is 19.5 Å². The van der Waals surface area contributed by atoms with Gasteiger partial charge >= 0.3 is 6.36 Å². The largest absolute Gasteiger partial charge is 0.573 e. The van der Waals surface area contributed by atoms with Crippen molar-refractivity contribution in [1.82, 2.24) is 23.9 Å². The van der Waals surface area contributed by atoms with E-state index in [1.54, 1.807) is 35.1 Å². The molecule has 0 amide bonds. The Bertz CT molecular complexity index is 1890. The van der Waals surface area contributed by atoms with Gasteiger partial charge in [-0.15, -0.1) is 13.2 Å². The van der Waals surface area contributed by atoms with Gasteiger partial charge in [0.1, 0.15) is 22.5 Å². The molecule has 0 spiro atoms. The zero-order valence-electron chi connectivity index (χ0n) is 22.3. The van der Waals surface area contributed by atoms with E-state index in [4.69, 9.17) is 4.74 Å². The van der Waals surface area contributed by atoms with E-state index in [1.165, 1.54) is 28.8 Å². The molecule has 0 saturated carbocycles. The summed E-state index contributed by atoms with van der Waals surface area (Å²) in [6.45, 7) is 0.918. The first-order valence-corrected chi connectivity index (χ1v) is 12.9. The minimum Gasteiger partial charge on any atom is -0.497 e. The minimum atomic E-state index is -4.82. The molecule has 8 nitrogen and oxygen atoms in total. The fourth-order valence-electron chi connectivity index (χ4n) is 4.79. The second-order valence-corrected chi connectivity index (χ2v) is 9.59. The Morgan fingerprint density at radius 3 is 2.21 bits per heavy atom. The highest BCUT2D eigenvalue weighted by atomic mass is 19.4. The first-order chi connectivity index (χ1) is 20.3. The average Bonchev–Trinajstić information content (AvgIpc) is 3.62. The fraction of sp³-hybridized carbons (Fsp3) is 0.129. The molecule has 0 N–H and O–H groups in total. The summed E-state index contributed by atoms with van der Waals surface area (Å²) in [4.78, 5) is 18.5. The molecule has 6 aromatic rings. The number of hydrogen-bond donors (Lipinski definition) is 0. The molecule has 212 valence electrons. The van der Waals surface area contributed by atoms with E-state index in [-0.39, 0.29) is 11.3 Å². The number of hydrogen-bond acceptors (Lipinski definition) is 5. The van der Waals surface area contributed by atoms with Crippen LogP contribution < -0.4 is 15.0 Å². The van der Waals surface area contributed by atoms with Crippen LogP contribution >= 0.6 is 0 Å². The van der Waals surface area contributed by atoms with Crippen LogP contribution in [-0.2, 0) is 13.1 Å². The Kier molecular flexibility index (Phi) is 6.99. The summed E-state index contributed by atoms with van der Waals surface area (Å²) in [6.07, 6.45) is 2.00. The number of alkyl halides is 3. The normalized spacial score (nSPS) is 11.6. The van der Waals surface area contributed by atoms with Crippen LogP contribution in [0.4, 0.5) is 13.2 Å². The number of rotatable bonds is 8. The molecule has 0 saturated heterocycles. The van der Waals surface area contributed by atoms with E-state index in [9.17, 15) is 18.0 Å². The van der Waals surface area contributed by atoms with Gasteiger partial charge in [0, 0.05) is 35.8 Å². The Morgan fingerprint density at radius 2 is 1.52 bits per heavy atom. The standard InChI is InChI=1S/C31H24F3N5O3/c1-41-25-11-7-22(8-12-25)17-38-18-23(15-36-38)27-19-39(24-9-13-26(14-10-24)42-31(32,33)34)30(40)29-28(27)35-20-37(29)16-21-5-3-2-4-6-21/h2-15,18-20H,16-17H2,1H3. The van der Waals surface area contributed by atoms with Gasteiger partial charge in [-0.3, -0.25) is 14.0 Å². The quantitative estimate of drug-likeness (QED) is 0.222. The van der Waals surface area contributed by atoms with E-state index in [0.717, 1.165) is 22.4 Å². The van der Waals surface area contributed by atoms with Gasteiger partial charge in [-0.25, -0.2) is 4.98 Å². The van der Waals surface area contributed by atoms with Crippen LogP contribution in [0.2, 0.25) is 0 Å². The fourth-order valence-corrected chi connectivity index (χ4v) is 4.79. The lowest BCUT2D eigenvalue weighted by Crippen LogP contribution is -2.21. The minimum absolute atomic E-state index is 0.356. The van der Waals surface area contributed by atoms with Crippen molar-refractivity contribution < 1.29 is 22.6 Å². The summed E-state index contributed by atoms with van der Waals surface area (Å²) < 4.78 is 52.3. The number of methoxy groups -OCH3 is 1. The van der Waals surface area contributed by atoms with Crippen molar-refractivity contribution in [3.63, 3.8) is 0 Å². The highest BCUT2D eigenvalue weighted by molar-refractivity contribution is 5.91. The summed E-state index contributed by atoms with van der Waals surface area (Å²) in [7, 11) is 1.61. The van der Waals surface area contributed by atoms with Crippen LogP contribution in [0.5, 0.6) is 11.5 Å². The maximum Gasteiger partial charge on any atom is 0.573 e. The van der Waals surface area contributed by atoms with Crippen LogP contribution in [0.15, 0.2) is 109 Å². The van der Waals surface area contributed by atoms with Gasteiger partial charge in [0.15, 0.2) is 0 Å². The van der Waals surface area contributed by atoms with Gasteiger partial charge in [0.25, 0.3) is 5.56 Å². The smallest absolute Gasteiger partial charge is 0.497 e. The van der Waals surface area contributed by atoms with Crippen LogP contribution in [0.25, 0.3) is 27.8 Å². The van der Waals surface area contributed by atoms with Crippen molar-refractivity contribution in [2.75, 3.05) is 7.11 Å². The van der Waals surface area contributed by atoms with Gasteiger partial charge in [-0.1, -0.05) is 42.5 Å². The molecule has 6 rings (SSSR count). The molecule has 3 heterocycles. The lowest BCUT2D eigenvalue weighted by molar-refractivity contribution is -0.274. The third-order valence-corrected chi connectivity index (χ3v) is 6.76. The lowest BCUT2D eigenvalue weighted by Gasteiger charge is -2.13. The van der Waals surface area contributed by atoms with Gasteiger partial charge in [-0.2, -0.15) is 5.10 Å². The van der Waals surface area contributed by atoms with Crippen LogP contribution in [-0.4, -0.2) is 37.4 Å². The molecule has 0 radical (unpaired) electrons. The third-order valence-electron chi connectivity index (χ3n) is 6.76. The molecule has 0 aliphatic rings. The van der Waals surface area contributed by atoms with E-state index in [1.807, 2.05) is 60.8 Å². The lowest BCUT2D eigenvalue weighted by atomic mass is 10.1. The molecule has 0 aliphatic carbocycles. The van der Waals surface area contributed by atoms with Gasteiger partial charge < -0.3 is 14.0 Å². The van der Waals surface area contributed by atoms with Crippen LogP contribution in [0.1, 0.15) is 11.1 Å². The molecular formula is C31H24F3N5O3. The van der Waals surface area contributed by atoms with E-state index in [0.29, 0.717) is 35.4 Å². The molecule has 0 atom stereocenters. The maximum atomic E-state index is 13.9. The van der Waals surface area contributed by atoms with E-state index >= 15 is 0 Å². The summed E-state index contributed by atoms with van der Waals surface area (Å²) >= 11 is 0. The zero-order valence-corrected chi connectivity index (χ0v) is 22.3. The Balaban J connectivity index is 1.43. The number of nitrogens with zero attached hydrogens (tertiary/aromatic N) is 5. The number of halogens is 3. The first kappa shape index (κ1) is 26.9. The van der Waals surface area contributed by atoms with E-state index < -0.39 is 6.36 Å². The highest BCUT2D eigenvalue weighted by Gasteiger charge is 2.31. The number of benzene rings is 3. The van der Waals surface area contributed by atoms with Crippen molar-refractivity contribution >= 4 is 11.0 Å². The maximum absolute atomic E-state index is 13.9. The van der Waals surface area contributed by atoms with Gasteiger partial charge in [0.05, 0.1) is 26.2 Å². The molecular weight excluding hydrogens is 547 g/mol. The molecule has 42 heavy (non-hydrogen) atoms. The number of pyridine rings is 1. The summed E-state index contributed by atoms with van der Waals surface area (Å²) in [5, 5.41) is 4.52. The summed E-state index contributed by atoms with van der Waals surface area (Å²) in [6, 6.07) is 22.5. The predicted octanol–water partition coefficient (Wildman–Crippen LogP) is 6.05. The molecule has 0 bridgehead atoms. The molecule has 0 unspecified atom stereocenters. The number of ether oxygens (including phenoxy) is 2. The van der Waals surface area contributed by atoms with Crippen molar-refractivity contribution in [2.24, 2.45) is 0 Å². The van der Waals surface area contributed by atoms with Gasteiger partial charge in [0.2, 0.25) is 0 Å². The van der Waals surface area contributed by atoms with Gasteiger partial charge in [-0.05, 0) is 47.5 Å². The van der Waals surface area contributed by atoms with Crippen LogP contribution in [0.3, 0.4) is 0 Å². The predicted molar refractivity (Wildman–Crippen MR) is 151 cm³/mol. The first-order valence-electron chi connectivity index (χ1n) is 12.9. The summed E-state index contributed by atoms with van der Waals surface area (Å²) in [5.74, 6) is 0.378. The molecule has 0 fully saturated rings. The topological polar surface area (TPSA) is 76.1 Å². The van der Waals surface area contributed by atoms with E-state index in [2.05, 4.69) is 14.8 Å². The summed E-state index contributed by atoms with van der Waals surface area (Å²) in [5.41, 5.74) is 4.23. The third kappa shape index (κ3) is 5.62.